The van der Waals surface area contributed by atoms with Gasteiger partial charge >= 0.3 is 17.9 Å². The number of esters is 3. The number of rotatable bonds is 5. The van der Waals surface area contributed by atoms with Gasteiger partial charge in [0, 0.05) is 33.4 Å². The number of nitrogens with two attached hydrogens (primary N) is 1. The molecule has 1 aliphatic heterocycles. The highest BCUT2D eigenvalue weighted by molar-refractivity contribution is 8.13. The molecule has 0 spiro atoms. The fourth-order valence-corrected chi connectivity index (χ4v) is 2.87. The summed E-state index contributed by atoms with van der Waals surface area (Å²) >= 11 is 0.935. The van der Waals surface area contributed by atoms with Gasteiger partial charge in [-0.2, -0.15) is 0 Å². The van der Waals surface area contributed by atoms with Gasteiger partial charge in [0.25, 0.3) is 0 Å². The van der Waals surface area contributed by atoms with Crippen LogP contribution in [-0.4, -0.2) is 59.4 Å². The number of thioether (sulfide) groups is 1. The van der Waals surface area contributed by atoms with E-state index in [0.717, 1.165) is 11.8 Å². The minimum atomic E-state index is -1.20. The third-order valence-corrected chi connectivity index (χ3v) is 3.93. The highest BCUT2D eigenvalue weighted by Crippen LogP contribution is 2.28. The molecule has 1 saturated heterocycles. The molecule has 2 N–H and O–H groups in total. The maximum absolute atomic E-state index is 11.4. The summed E-state index contributed by atoms with van der Waals surface area (Å²) in [5.41, 5.74) is 5.96. The summed E-state index contributed by atoms with van der Waals surface area (Å²) < 4.78 is 20.9. The third-order valence-electron chi connectivity index (χ3n) is 3.03. The number of carbonyl (C=O) groups excluding carboxylic acids is 4. The summed E-state index contributed by atoms with van der Waals surface area (Å²) in [4.78, 5) is 45.1. The Morgan fingerprint density at radius 3 is 1.88 bits per heavy atom. The van der Waals surface area contributed by atoms with Crippen molar-refractivity contribution in [2.75, 3.05) is 5.75 Å². The molecule has 9 nitrogen and oxygen atoms in total. The first-order valence-corrected chi connectivity index (χ1v) is 8.16. The Bertz CT molecular complexity index is 495. The largest absolute Gasteiger partial charge is 0.457 e. The molecule has 0 amide bonds. The van der Waals surface area contributed by atoms with E-state index in [0.29, 0.717) is 0 Å². The minimum absolute atomic E-state index is 0.107. The molecule has 0 unspecified atom stereocenters. The fourth-order valence-electron chi connectivity index (χ4n) is 2.20. The highest BCUT2D eigenvalue weighted by atomic mass is 32.2. The molecule has 0 aromatic carbocycles. The summed E-state index contributed by atoms with van der Waals surface area (Å²) in [6.45, 7) is 4.90. The third kappa shape index (κ3) is 6.10. The van der Waals surface area contributed by atoms with Crippen LogP contribution in [0.2, 0.25) is 0 Å². The lowest BCUT2D eigenvalue weighted by Gasteiger charge is -2.43. The van der Waals surface area contributed by atoms with Crippen LogP contribution < -0.4 is 5.73 Å². The van der Waals surface area contributed by atoms with E-state index < -0.39 is 48.6 Å². The van der Waals surface area contributed by atoms with Gasteiger partial charge in [-0.25, -0.2) is 0 Å². The monoisotopic (exact) mass is 363 g/mol. The lowest BCUT2D eigenvalue weighted by molar-refractivity contribution is -0.256. The molecule has 0 saturated carbocycles. The van der Waals surface area contributed by atoms with Gasteiger partial charge in [0.2, 0.25) is 6.29 Å². The van der Waals surface area contributed by atoms with Crippen LogP contribution in [0.3, 0.4) is 0 Å². The first kappa shape index (κ1) is 20.4. The van der Waals surface area contributed by atoms with Gasteiger partial charge in [-0.05, 0) is 0 Å². The molecule has 136 valence electrons. The van der Waals surface area contributed by atoms with Crippen molar-refractivity contribution in [3.63, 3.8) is 0 Å². The normalized spacial score (nSPS) is 29.5. The van der Waals surface area contributed by atoms with E-state index in [2.05, 4.69) is 0 Å². The van der Waals surface area contributed by atoms with Gasteiger partial charge in [0.05, 0.1) is 0 Å². The molecule has 0 aliphatic carbocycles. The Labute approximate surface area is 143 Å². The molecule has 1 rings (SSSR count). The minimum Gasteiger partial charge on any atom is -0.457 e. The summed E-state index contributed by atoms with van der Waals surface area (Å²) in [5, 5.41) is -0.178. The summed E-state index contributed by atoms with van der Waals surface area (Å²) in [7, 11) is 0. The van der Waals surface area contributed by atoms with Gasteiger partial charge in [-0.1, -0.05) is 11.8 Å². The molecule has 1 aliphatic rings. The van der Waals surface area contributed by atoms with Gasteiger partial charge in [0.1, 0.15) is 12.1 Å². The Balaban J connectivity index is 3.08. The Morgan fingerprint density at radius 2 is 1.42 bits per heavy atom. The maximum Gasteiger partial charge on any atom is 0.304 e. The van der Waals surface area contributed by atoms with Crippen molar-refractivity contribution in [2.45, 2.75) is 58.3 Å². The smallest absolute Gasteiger partial charge is 0.304 e. The topological polar surface area (TPSA) is 131 Å². The number of hydrogen-bond acceptors (Lipinski definition) is 10. The predicted molar refractivity (Wildman–Crippen MR) is 82.6 cm³/mol. The number of ether oxygens (including phenoxy) is 4. The Kier molecular flexibility index (Phi) is 7.64. The molecular weight excluding hydrogens is 342 g/mol. The van der Waals surface area contributed by atoms with Gasteiger partial charge in [-0.3, -0.25) is 19.2 Å². The molecule has 0 radical (unpaired) electrons. The van der Waals surface area contributed by atoms with Crippen LogP contribution in [0.15, 0.2) is 0 Å². The van der Waals surface area contributed by atoms with E-state index in [1.54, 1.807) is 0 Å². The van der Waals surface area contributed by atoms with Crippen LogP contribution in [-0.2, 0) is 38.1 Å². The molecule has 10 heteroatoms. The fraction of sp³-hybridized carbons (Fsp3) is 0.714. The predicted octanol–water partition coefficient (Wildman–Crippen LogP) is -0.255. The van der Waals surface area contributed by atoms with Crippen molar-refractivity contribution in [1.82, 2.24) is 0 Å². The second kappa shape index (κ2) is 9.00. The molecular formula is C14H21NO8S. The van der Waals surface area contributed by atoms with Crippen LogP contribution in [0.1, 0.15) is 27.7 Å². The lowest BCUT2D eigenvalue weighted by Crippen LogP contribution is -2.64. The van der Waals surface area contributed by atoms with E-state index in [1.807, 2.05) is 0 Å². The lowest BCUT2D eigenvalue weighted by atomic mass is 9.97. The molecule has 1 fully saturated rings. The van der Waals surface area contributed by atoms with E-state index in [-0.39, 0.29) is 10.9 Å². The number of hydrogen-bond donors (Lipinski definition) is 1. The van der Waals surface area contributed by atoms with Crippen LogP contribution in [0.25, 0.3) is 0 Å². The van der Waals surface area contributed by atoms with Gasteiger partial charge < -0.3 is 24.7 Å². The van der Waals surface area contributed by atoms with Crippen LogP contribution in [0, 0.1) is 0 Å². The van der Waals surface area contributed by atoms with Crippen molar-refractivity contribution in [1.29, 1.82) is 0 Å². The van der Waals surface area contributed by atoms with Crippen molar-refractivity contribution < 1.29 is 38.1 Å². The molecule has 0 aromatic heterocycles. The molecule has 0 bridgehead atoms. The summed E-state index contributed by atoms with van der Waals surface area (Å²) in [6, 6.07) is -1.05. The van der Waals surface area contributed by atoms with E-state index in [9.17, 15) is 19.2 Å². The van der Waals surface area contributed by atoms with Gasteiger partial charge in [0.15, 0.2) is 17.3 Å². The first-order chi connectivity index (χ1) is 11.1. The van der Waals surface area contributed by atoms with E-state index in [1.165, 1.54) is 27.7 Å². The average molecular weight is 363 g/mol. The van der Waals surface area contributed by atoms with E-state index in [4.69, 9.17) is 24.7 Å². The average Bonchev–Trinajstić information content (AvgIpc) is 2.42. The van der Waals surface area contributed by atoms with Crippen molar-refractivity contribution in [3.8, 4) is 0 Å². The standard InChI is InChI=1S/C14H21NO8S/c1-6(16)20-12-10(5-24-9(4)19)23-14(22-8(3)18)11(15)13(12)21-7(2)17/h10-14H,5,15H2,1-4H3/t10-,11-,12+,13+,14+/m1/s1. The highest BCUT2D eigenvalue weighted by Gasteiger charge is 2.49. The zero-order valence-electron chi connectivity index (χ0n) is 13.8. The molecule has 5 atom stereocenters. The van der Waals surface area contributed by atoms with Crippen molar-refractivity contribution >= 4 is 34.8 Å². The molecule has 24 heavy (non-hydrogen) atoms. The second-order valence-electron chi connectivity index (χ2n) is 5.18. The van der Waals surface area contributed by atoms with Crippen molar-refractivity contribution in [3.05, 3.63) is 0 Å². The second-order valence-corrected chi connectivity index (χ2v) is 6.38. The van der Waals surface area contributed by atoms with Crippen LogP contribution >= 0.6 is 11.8 Å². The van der Waals surface area contributed by atoms with Crippen LogP contribution in [0.4, 0.5) is 0 Å². The Hall–Kier alpha value is -1.65. The summed E-state index contributed by atoms with van der Waals surface area (Å²) in [6.07, 6.45) is -4.16. The molecule has 0 aromatic rings. The zero-order chi connectivity index (χ0) is 18.4. The Morgan fingerprint density at radius 1 is 0.917 bits per heavy atom. The quantitative estimate of drug-likeness (QED) is 0.515. The zero-order valence-corrected chi connectivity index (χ0v) is 14.7. The van der Waals surface area contributed by atoms with Gasteiger partial charge in [-0.15, -0.1) is 0 Å². The van der Waals surface area contributed by atoms with E-state index >= 15 is 0 Å². The SMILES string of the molecule is CC(=O)O[C@H]1O[C@H](CSC(C)=O)[C@H](OC(C)=O)[C@@H](OC(C)=O)[C@H]1N. The first-order valence-electron chi connectivity index (χ1n) is 7.18. The van der Waals surface area contributed by atoms with Crippen molar-refractivity contribution in [2.24, 2.45) is 5.73 Å². The van der Waals surface area contributed by atoms with Crippen LogP contribution in [0.5, 0.6) is 0 Å². The maximum atomic E-state index is 11.4. The summed E-state index contributed by atoms with van der Waals surface area (Å²) in [5.74, 6) is -1.80. The number of carbonyl (C=O) groups is 4. The molecule has 1 heterocycles.